The number of imide groups is 1. The fourth-order valence-electron chi connectivity index (χ4n) is 3.94. The Labute approximate surface area is 163 Å². The summed E-state index contributed by atoms with van der Waals surface area (Å²) in [5.41, 5.74) is 2.47. The van der Waals surface area contributed by atoms with Crippen LogP contribution in [0.1, 0.15) is 50.6 Å². The molecule has 2 aromatic carbocycles. The van der Waals surface area contributed by atoms with E-state index in [-0.39, 0.29) is 12.5 Å². The van der Waals surface area contributed by atoms with E-state index in [4.69, 9.17) is 5.26 Å². The average Bonchev–Trinajstić information content (AvgIpc) is 2.99. The number of amides is 3. The minimum Gasteiger partial charge on any atom is -0.341 e. The molecule has 3 amide bonds. The Kier molecular flexibility index (Phi) is 4.66. The average molecular weight is 373 g/mol. The minimum absolute atomic E-state index is 0.210. The lowest BCUT2D eigenvalue weighted by Crippen LogP contribution is -2.45. The molecule has 6 heteroatoms. The van der Waals surface area contributed by atoms with Crippen molar-refractivity contribution < 1.29 is 14.4 Å². The monoisotopic (exact) mass is 373 g/mol. The highest BCUT2D eigenvalue weighted by Crippen LogP contribution is 2.29. The molecule has 2 aliphatic heterocycles. The van der Waals surface area contributed by atoms with Crippen molar-refractivity contribution in [2.45, 2.75) is 18.8 Å². The van der Waals surface area contributed by atoms with Gasteiger partial charge in [0, 0.05) is 13.1 Å². The number of hydrogen-bond donors (Lipinski definition) is 0. The SMILES string of the molecule is N#Cc1cccc(C2CCN(C(=O)CN3C(=O)c4ccccc4C3=O)CC2)c1. The predicted octanol–water partition coefficient (Wildman–Crippen LogP) is 2.56. The first-order valence-electron chi connectivity index (χ1n) is 9.31. The molecule has 1 saturated heterocycles. The van der Waals surface area contributed by atoms with E-state index in [9.17, 15) is 14.4 Å². The molecule has 6 nitrogen and oxygen atoms in total. The van der Waals surface area contributed by atoms with Gasteiger partial charge in [0.05, 0.1) is 22.8 Å². The van der Waals surface area contributed by atoms with Gasteiger partial charge in [-0.3, -0.25) is 19.3 Å². The Bertz CT molecular complexity index is 965. The maximum Gasteiger partial charge on any atom is 0.262 e. The fourth-order valence-corrected chi connectivity index (χ4v) is 3.94. The number of nitriles is 1. The van der Waals surface area contributed by atoms with Gasteiger partial charge in [0.2, 0.25) is 5.91 Å². The number of likely N-dealkylation sites (tertiary alicyclic amines) is 1. The molecule has 2 heterocycles. The molecule has 0 N–H and O–H groups in total. The summed E-state index contributed by atoms with van der Waals surface area (Å²) in [5, 5.41) is 9.06. The van der Waals surface area contributed by atoms with Crippen molar-refractivity contribution >= 4 is 17.7 Å². The van der Waals surface area contributed by atoms with Gasteiger partial charge in [0.1, 0.15) is 6.54 Å². The zero-order valence-electron chi connectivity index (χ0n) is 15.3. The lowest BCUT2D eigenvalue weighted by atomic mass is 9.88. The molecule has 28 heavy (non-hydrogen) atoms. The van der Waals surface area contributed by atoms with E-state index in [1.165, 1.54) is 0 Å². The Morgan fingerprint density at radius 3 is 2.25 bits per heavy atom. The third-order valence-corrected chi connectivity index (χ3v) is 5.51. The number of nitrogens with zero attached hydrogens (tertiary/aromatic N) is 3. The molecule has 0 aromatic heterocycles. The predicted molar refractivity (Wildman–Crippen MR) is 102 cm³/mol. The standard InChI is InChI=1S/C22H19N3O3/c23-13-15-4-3-5-17(12-15)16-8-10-24(11-9-16)20(26)14-25-21(27)18-6-1-2-7-19(18)22(25)28/h1-7,12,16H,8-11,14H2. The van der Waals surface area contributed by atoms with Crippen LogP contribution < -0.4 is 0 Å². The molecule has 140 valence electrons. The number of carbonyl (C=O) groups is 3. The summed E-state index contributed by atoms with van der Waals surface area (Å²) in [6.07, 6.45) is 1.59. The highest BCUT2D eigenvalue weighted by atomic mass is 16.2. The minimum atomic E-state index is -0.405. The number of piperidine rings is 1. The lowest BCUT2D eigenvalue weighted by Gasteiger charge is -2.33. The van der Waals surface area contributed by atoms with Gasteiger partial charge in [-0.25, -0.2) is 0 Å². The van der Waals surface area contributed by atoms with Crippen LogP contribution in [0.15, 0.2) is 48.5 Å². The van der Waals surface area contributed by atoms with Crippen LogP contribution in [0.3, 0.4) is 0 Å². The molecule has 0 unspecified atom stereocenters. The Hall–Kier alpha value is -3.46. The summed E-state index contributed by atoms with van der Waals surface area (Å²) in [6, 6.07) is 16.4. The normalized spacial score (nSPS) is 16.8. The maximum atomic E-state index is 12.7. The molecule has 0 aliphatic carbocycles. The highest BCUT2D eigenvalue weighted by molar-refractivity contribution is 6.22. The summed E-state index contributed by atoms with van der Waals surface area (Å²) in [7, 11) is 0. The van der Waals surface area contributed by atoms with Crippen molar-refractivity contribution in [3.8, 4) is 6.07 Å². The van der Waals surface area contributed by atoms with Gasteiger partial charge in [0.15, 0.2) is 0 Å². The van der Waals surface area contributed by atoms with E-state index in [1.54, 1.807) is 35.2 Å². The summed E-state index contributed by atoms with van der Waals surface area (Å²) in [5.74, 6) is -0.718. The number of benzene rings is 2. The highest BCUT2D eigenvalue weighted by Gasteiger charge is 2.37. The zero-order valence-corrected chi connectivity index (χ0v) is 15.3. The first-order valence-corrected chi connectivity index (χ1v) is 9.31. The molecule has 2 aliphatic rings. The molecule has 0 saturated carbocycles. The van der Waals surface area contributed by atoms with Gasteiger partial charge in [-0.05, 0) is 48.6 Å². The zero-order chi connectivity index (χ0) is 19.7. The van der Waals surface area contributed by atoms with Crippen LogP contribution in [-0.2, 0) is 4.79 Å². The largest absolute Gasteiger partial charge is 0.341 e. The molecular weight excluding hydrogens is 354 g/mol. The van der Waals surface area contributed by atoms with Gasteiger partial charge in [0.25, 0.3) is 11.8 Å². The number of fused-ring (bicyclic) bond motifs is 1. The Balaban J connectivity index is 1.38. The molecule has 0 atom stereocenters. The number of carbonyl (C=O) groups excluding carboxylic acids is 3. The van der Waals surface area contributed by atoms with E-state index in [0.29, 0.717) is 35.7 Å². The second-order valence-electron chi connectivity index (χ2n) is 7.13. The smallest absolute Gasteiger partial charge is 0.262 e. The molecule has 0 bridgehead atoms. The molecular formula is C22H19N3O3. The maximum absolute atomic E-state index is 12.7. The Morgan fingerprint density at radius 2 is 1.64 bits per heavy atom. The van der Waals surface area contributed by atoms with E-state index in [0.717, 1.165) is 23.3 Å². The fraction of sp³-hybridized carbons (Fsp3) is 0.273. The summed E-state index contributed by atoms with van der Waals surface area (Å²) >= 11 is 0. The van der Waals surface area contributed by atoms with Crippen LogP contribution in [0, 0.1) is 11.3 Å². The third kappa shape index (κ3) is 3.16. The van der Waals surface area contributed by atoms with Crippen molar-refractivity contribution in [3.63, 3.8) is 0 Å². The van der Waals surface area contributed by atoms with Crippen molar-refractivity contribution in [2.75, 3.05) is 19.6 Å². The second-order valence-corrected chi connectivity index (χ2v) is 7.13. The van der Waals surface area contributed by atoms with Crippen LogP contribution in [0.5, 0.6) is 0 Å². The van der Waals surface area contributed by atoms with Gasteiger partial charge >= 0.3 is 0 Å². The van der Waals surface area contributed by atoms with E-state index < -0.39 is 11.8 Å². The van der Waals surface area contributed by atoms with Crippen LogP contribution >= 0.6 is 0 Å². The first-order chi connectivity index (χ1) is 13.6. The van der Waals surface area contributed by atoms with Crippen LogP contribution in [0.2, 0.25) is 0 Å². The topological polar surface area (TPSA) is 81.5 Å². The molecule has 1 fully saturated rings. The summed E-state index contributed by atoms with van der Waals surface area (Å²) < 4.78 is 0. The van der Waals surface area contributed by atoms with Crippen LogP contribution in [0.25, 0.3) is 0 Å². The second kappa shape index (κ2) is 7.28. The van der Waals surface area contributed by atoms with Gasteiger partial charge in [-0.15, -0.1) is 0 Å². The van der Waals surface area contributed by atoms with Gasteiger partial charge in [-0.1, -0.05) is 24.3 Å². The van der Waals surface area contributed by atoms with Crippen molar-refractivity contribution in [1.29, 1.82) is 5.26 Å². The summed E-state index contributed by atoms with van der Waals surface area (Å²) in [4.78, 5) is 40.3. The lowest BCUT2D eigenvalue weighted by molar-refractivity contribution is -0.132. The van der Waals surface area contributed by atoms with Gasteiger partial charge in [-0.2, -0.15) is 5.26 Å². The van der Waals surface area contributed by atoms with E-state index >= 15 is 0 Å². The molecule has 4 rings (SSSR count). The molecule has 2 aromatic rings. The van der Waals surface area contributed by atoms with Gasteiger partial charge < -0.3 is 4.90 Å². The molecule has 0 spiro atoms. The van der Waals surface area contributed by atoms with Crippen molar-refractivity contribution in [2.24, 2.45) is 0 Å². The van der Waals surface area contributed by atoms with E-state index in [2.05, 4.69) is 6.07 Å². The first kappa shape index (κ1) is 17.9. The number of hydrogen-bond acceptors (Lipinski definition) is 4. The summed E-state index contributed by atoms with van der Waals surface area (Å²) in [6.45, 7) is 0.924. The van der Waals surface area contributed by atoms with Crippen LogP contribution in [0.4, 0.5) is 0 Å². The van der Waals surface area contributed by atoms with Crippen LogP contribution in [-0.4, -0.2) is 47.2 Å². The Morgan fingerprint density at radius 1 is 1.00 bits per heavy atom. The van der Waals surface area contributed by atoms with Crippen molar-refractivity contribution in [1.82, 2.24) is 9.80 Å². The third-order valence-electron chi connectivity index (χ3n) is 5.51. The number of rotatable bonds is 3. The molecule has 0 radical (unpaired) electrons. The van der Waals surface area contributed by atoms with Crippen molar-refractivity contribution in [3.05, 3.63) is 70.8 Å². The van der Waals surface area contributed by atoms with E-state index in [1.807, 2.05) is 18.2 Å². The quantitative estimate of drug-likeness (QED) is 0.775.